The first kappa shape index (κ1) is 22.9. The Hall–Kier alpha value is -3.74. The number of pyridine rings is 1. The van der Waals surface area contributed by atoms with Crippen molar-refractivity contribution in [3.05, 3.63) is 70.9 Å². The Morgan fingerprint density at radius 2 is 1.75 bits per heavy atom. The lowest BCUT2D eigenvalue weighted by Crippen LogP contribution is -2.30. The van der Waals surface area contributed by atoms with Crippen LogP contribution in [0.5, 0.6) is 0 Å². The number of benzene rings is 2. The number of ether oxygens (including phenoxy) is 1. The summed E-state index contributed by atoms with van der Waals surface area (Å²) in [6.45, 7) is 5.57. The summed E-state index contributed by atoms with van der Waals surface area (Å²) in [4.78, 5) is 41.7. The maximum absolute atomic E-state index is 13.2. The minimum atomic E-state index is -1.02. The molecule has 0 spiro atoms. The maximum Gasteiger partial charge on any atom is 0.339 e. The Morgan fingerprint density at radius 1 is 1.06 bits per heavy atom. The molecule has 3 aromatic rings. The lowest BCUT2D eigenvalue weighted by molar-refractivity contribution is -0.123. The van der Waals surface area contributed by atoms with Crippen LogP contribution in [0.4, 0.5) is 5.69 Å². The second-order valence-electron chi connectivity index (χ2n) is 7.51. The van der Waals surface area contributed by atoms with Crippen LogP contribution in [0.25, 0.3) is 10.9 Å². The molecule has 0 saturated heterocycles. The maximum atomic E-state index is 13.2. The zero-order chi connectivity index (χ0) is 23.3. The third-order valence-corrected chi connectivity index (χ3v) is 5.21. The molecule has 1 atom stereocenters. The van der Waals surface area contributed by atoms with E-state index in [1.54, 1.807) is 12.1 Å². The Labute approximate surface area is 187 Å². The number of esters is 1. The zero-order valence-corrected chi connectivity index (χ0v) is 18.5. The highest BCUT2D eigenvalue weighted by Crippen LogP contribution is 2.26. The van der Waals surface area contributed by atoms with Crippen molar-refractivity contribution in [3.8, 4) is 0 Å². The quantitative estimate of drug-likeness (QED) is 0.521. The third kappa shape index (κ3) is 4.94. The van der Waals surface area contributed by atoms with Crippen molar-refractivity contribution < 1.29 is 19.1 Å². The molecule has 166 valence electrons. The van der Waals surface area contributed by atoms with E-state index >= 15 is 0 Å². The van der Waals surface area contributed by atoms with Crippen LogP contribution >= 0.6 is 0 Å². The number of primary amides is 1. The van der Waals surface area contributed by atoms with Crippen LogP contribution < -0.4 is 11.1 Å². The first-order valence-electron chi connectivity index (χ1n) is 10.7. The first-order valence-corrected chi connectivity index (χ1v) is 10.7. The second-order valence-corrected chi connectivity index (χ2v) is 7.51. The van der Waals surface area contributed by atoms with E-state index < -0.39 is 23.9 Å². The second kappa shape index (κ2) is 10.0. The van der Waals surface area contributed by atoms with Gasteiger partial charge in [0.05, 0.1) is 11.1 Å². The van der Waals surface area contributed by atoms with Crippen LogP contribution in [0.1, 0.15) is 59.2 Å². The normalized spacial score (nSPS) is 11.7. The van der Waals surface area contributed by atoms with Crippen LogP contribution in [0, 0.1) is 0 Å². The van der Waals surface area contributed by atoms with E-state index in [1.807, 2.05) is 31.2 Å². The summed E-state index contributed by atoms with van der Waals surface area (Å²) in [7, 11) is 0. The first-order chi connectivity index (χ1) is 15.3. The summed E-state index contributed by atoms with van der Waals surface area (Å²) in [5.74, 6) is -1.58. The van der Waals surface area contributed by atoms with Crippen LogP contribution in [0.2, 0.25) is 0 Å². The fourth-order valence-electron chi connectivity index (χ4n) is 3.59. The molecule has 0 radical (unpaired) electrons. The van der Waals surface area contributed by atoms with Crippen molar-refractivity contribution in [2.24, 2.45) is 5.73 Å². The van der Waals surface area contributed by atoms with Crippen LogP contribution in [0.15, 0.2) is 48.5 Å². The number of para-hydroxylation sites is 1. The van der Waals surface area contributed by atoms with E-state index in [0.29, 0.717) is 28.6 Å². The van der Waals surface area contributed by atoms with E-state index in [4.69, 9.17) is 15.5 Å². The number of rotatable bonds is 8. The van der Waals surface area contributed by atoms with Gasteiger partial charge in [0.2, 0.25) is 5.91 Å². The number of nitrogens with two attached hydrogens (primary N) is 1. The molecule has 32 heavy (non-hydrogen) atoms. The Balaban J connectivity index is 1.84. The number of carbonyl (C=O) groups excluding carboxylic acids is 3. The van der Waals surface area contributed by atoms with Gasteiger partial charge < -0.3 is 15.8 Å². The minimum absolute atomic E-state index is 0.335. The molecule has 1 unspecified atom stereocenters. The number of hydrogen-bond acceptors (Lipinski definition) is 5. The van der Waals surface area contributed by atoms with Gasteiger partial charge in [0, 0.05) is 22.3 Å². The van der Waals surface area contributed by atoms with Crippen molar-refractivity contribution in [1.82, 2.24) is 4.98 Å². The summed E-state index contributed by atoms with van der Waals surface area (Å²) in [5, 5.41) is 3.39. The molecule has 7 heteroatoms. The van der Waals surface area contributed by atoms with Gasteiger partial charge in [0.25, 0.3) is 5.91 Å². The Kier molecular flexibility index (Phi) is 7.20. The Bertz CT molecular complexity index is 1160. The molecular weight excluding hydrogens is 406 g/mol. The molecule has 2 aromatic carbocycles. The molecule has 0 bridgehead atoms. The van der Waals surface area contributed by atoms with Gasteiger partial charge in [-0.15, -0.1) is 0 Å². The number of nitrogens with one attached hydrogen (secondary N) is 1. The van der Waals surface area contributed by atoms with Crippen molar-refractivity contribution in [2.45, 2.75) is 46.1 Å². The van der Waals surface area contributed by atoms with Gasteiger partial charge in [-0.3, -0.25) is 14.6 Å². The Morgan fingerprint density at radius 3 is 2.38 bits per heavy atom. The number of fused-ring (bicyclic) bond motifs is 1. The summed E-state index contributed by atoms with van der Waals surface area (Å²) < 4.78 is 5.56. The lowest BCUT2D eigenvalue weighted by Gasteiger charge is -2.18. The average Bonchev–Trinajstić information content (AvgIpc) is 2.78. The summed E-state index contributed by atoms with van der Waals surface area (Å²) in [5.41, 5.74) is 8.96. The zero-order valence-electron chi connectivity index (χ0n) is 18.5. The van der Waals surface area contributed by atoms with Crippen LogP contribution in [0.3, 0.4) is 0 Å². The van der Waals surface area contributed by atoms with Crippen molar-refractivity contribution in [2.75, 3.05) is 5.32 Å². The molecule has 3 rings (SSSR count). The highest BCUT2D eigenvalue weighted by atomic mass is 16.5. The molecule has 2 amide bonds. The molecule has 1 heterocycles. The van der Waals surface area contributed by atoms with Crippen molar-refractivity contribution >= 4 is 34.4 Å². The summed E-state index contributed by atoms with van der Waals surface area (Å²) in [6.07, 6.45) is 1.26. The third-order valence-electron chi connectivity index (χ3n) is 5.21. The van der Waals surface area contributed by atoms with Gasteiger partial charge in [-0.1, -0.05) is 38.5 Å². The van der Waals surface area contributed by atoms with Gasteiger partial charge >= 0.3 is 5.97 Å². The molecule has 1 aromatic heterocycles. The summed E-state index contributed by atoms with van der Waals surface area (Å²) >= 11 is 0. The molecule has 0 aliphatic heterocycles. The number of amides is 2. The monoisotopic (exact) mass is 433 g/mol. The SMILES string of the molecule is CCCc1nc2ccccc2c(C(=O)OC(C)C(=O)Nc2ccc(C(N)=O)cc2)c1CC. The van der Waals surface area contributed by atoms with E-state index in [9.17, 15) is 14.4 Å². The van der Waals surface area contributed by atoms with Gasteiger partial charge in [0.15, 0.2) is 6.10 Å². The standard InChI is InChI=1S/C25H27N3O4/c1-4-8-20-18(5-2)22(19-9-6-7-10-21(19)28-20)25(31)32-15(3)24(30)27-17-13-11-16(12-14-17)23(26)29/h6-7,9-15H,4-5,8H2,1-3H3,(H2,26,29)(H,27,30). The summed E-state index contributed by atoms with van der Waals surface area (Å²) in [6, 6.07) is 13.6. The molecule has 7 nitrogen and oxygen atoms in total. The fourth-order valence-corrected chi connectivity index (χ4v) is 3.59. The van der Waals surface area contributed by atoms with Gasteiger partial charge in [0.1, 0.15) is 0 Å². The van der Waals surface area contributed by atoms with Crippen LogP contribution in [-0.2, 0) is 22.4 Å². The number of carbonyl (C=O) groups is 3. The largest absolute Gasteiger partial charge is 0.449 e. The predicted molar refractivity (Wildman–Crippen MR) is 124 cm³/mol. The van der Waals surface area contributed by atoms with Crippen molar-refractivity contribution in [3.63, 3.8) is 0 Å². The predicted octanol–water partition coefficient (Wildman–Crippen LogP) is 4.03. The number of anilines is 1. The van der Waals surface area contributed by atoms with Gasteiger partial charge in [-0.2, -0.15) is 0 Å². The highest BCUT2D eigenvalue weighted by Gasteiger charge is 2.24. The lowest BCUT2D eigenvalue weighted by atomic mass is 9.96. The molecule has 0 aliphatic rings. The van der Waals surface area contributed by atoms with Crippen molar-refractivity contribution in [1.29, 1.82) is 0 Å². The smallest absolute Gasteiger partial charge is 0.339 e. The van der Waals surface area contributed by atoms with Gasteiger partial charge in [-0.05, 0) is 55.7 Å². The van der Waals surface area contributed by atoms with Crippen LogP contribution in [-0.4, -0.2) is 28.9 Å². The van der Waals surface area contributed by atoms with E-state index in [1.165, 1.54) is 19.1 Å². The van der Waals surface area contributed by atoms with E-state index in [-0.39, 0.29) is 0 Å². The van der Waals surface area contributed by atoms with Gasteiger partial charge in [-0.25, -0.2) is 4.79 Å². The molecule has 0 aliphatic carbocycles. The highest BCUT2D eigenvalue weighted by molar-refractivity contribution is 6.06. The molecule has 0 fully saturated rings. The van der Waals surface area contributed by atoms with E-state index in [0.717, 1.165) is 29.6 Å². The molecular formula is C25H27N3O4. The van der Waals surface area contributed by atoms with E-state index in [2.05, 4.69) is 12.2 Å². The number of aryl methyl sites for hydroxylation is 1. The molecule has 3 N–H and O–H groups in total. The fraction of sp³-hybridized carbons (Fsp3) is 0.280. The molecule has 0 saturated carbocycles. The number of nitrogens with zero attached hydrogens (tertiary/aromatic N) is 1. The number of hydrogen-bond donors (Lipinski definition) is 2. The topological polar surface area (TPSA) is 111 Å². The average molecular weight is 434 g/mol. The number of aromatic nitrogens is 1. The minimum Gasteiger partial charge on any atom is -0.449 e.